The molecule has 2 heteroatoms. The van der Waals surface area contributed by atoms with E-state index in [1.807, 2.05) is 0 Å². The average molecular weight is 723 g/mol. The Labute approximate surface area is 328 Å². The number of hydrogen-bond acceptors (Lipinski definition) is 0. The number of fused-ring (bicyclic) bond motifs is 6. The smallest absolute Gasteiger partial charge is 0.0547 e. The Hall–Kier alpha value is -5.08. The first-order valence-electron chi connectivity index (χ1n) is 20.1. The fourth-order valence-corrected chi connectivity index (χ4v) is 8.51. The predicted molar refractivity (Wildman–Crippen MR) is 240 cm³/mol. The molecule has 0 saturated carbocycles. The van der Waals surface area contributed by atoms with Gasteiger partial charge in [-0.3, -0.25) is 0 Å². The van der Waals surface area contributed by atoms with E-state index in [-0.39, 0.29) is 21.7 Å². The highest BCUT2D eigenvalue weighted by molar-refractivity contribution is 6.18. The molecule has 0 aliphatic heterocycles. The van der Waals surface area contributed by atoms with E-state index >= 15 is 0 Å². The highest BCUT2D eigenvalue weighted by Gasteiger charge is 2.26. The van der Waals surface area contributed by atoms with Gasteiger partial charge in [-0.2, -0.15) is 0 Å². The lowest BCUT2D eigenvalue weighted by atomic mass is 9.78. The Balaban J connectivity index is 1.51. The summed E-state index contributed by atoms with van der Waals surface area (Å²) in [6.07, 6.45) is 0. The molecule has 6 aromatic carbocycles. The van der Waals surface area contributed by atoms with Crippen molar-refractivity contribution in [3.8, 4) is 22.5 Å². The van der Waals surface area contributed by atoms with E-state index in [1.165, 1.54) is 93.9 Å². The zero-order valence-corrected chi connectivity index (χ0v) is 35.4. The minimum atomic E-state index is 0.0152. The first kappa shape index (κ1) is 36.9. The quantitative estimate of drug-likeness (QED) is 0.172. The molecule has 2 aromatic heterocycles. The Morgan fingerprint density at radius 3 is 1.38 bits per heavy atom. The van der Waals surface area contributed by atoms with Crippen LogP contribution in [0, 0.1) is 6.92 Å². The number of hydrogen-bond donors (Lipinski definition) is 0. The lowest BCUT2D eigenvalue weighted by molar-refractivity contribution is 0.569. The van der Waals surface area contributed by atoms with Gasteiger partial charge in [-0.25, -0.2) is 0 Å². The number of benzene rings is 6. The molecule has 0 unspecified atom stereocenters. The molecule has 0 fully saturated rings. The molecule has 2 nitrogen and oxygen atoms in total. The van der Waals surface area contributed by atoms with E-state index < -0.39 is 0 Å². The van der Waals surface area contributed by atoms with Gasteiger partial charge in [-0.1, -0.05) is 144 Å². The maximum atomic E-state index is 2.53. The second kappa shape index (κ2) is 12.5. The zero-order chi connectivity index (χ0) is 39.4. The molecule has 0 radical (unpaired) electrons. The van der Waals surface area contributed by atoms with Crippen LogP contribution in [-0.4, -0.2) is 9.13 Å². The second-order valence-electron chi connectivity index (χ2n) is 20.1. The van der Waals surface area contributed by atoms with Crippen LogP contribution in [0.1, 0.15) is 111 Å². The summed E-state index contributed by atoms with van der Waals surface area (Å²) in [5.74, 6) is 0. The van der Waals surface area contributed by atoms with Crippen LogP contribution in [0.4, 0.5) is 0 Å². The SMILES string of the molecule is Cc1c(-n2c3ccc(C(C)(C)C)cc3c3cc(C(C)(C)C)ccc32)ccc2c1c1c(-c3cc(C(C)(C)C)cc(C(C)(C)C)c3)cccc1n2-c1ccccc1. The monoisotopic (exact) mass is 722 g/mol. The molecule has 0 N–H and O–H groups in total. The minimum Gasteiger partial charge on any atom is -0.309 e. The van der Waals surface area contributed by atoms with Crippen molar-refractivity contribution in [1.29, 1.82) is 0 Å². The topological polar surface area (TPSA) is 9.86 Å². The van der Waals surface area contributed by atoms with Crippen molar-refractivity contribution in [2.45, 2.75) is 112 Å². The van der Waals surface area contributed by atoms with E-state index in [1.54, 1.807) is 0 Å². The molecule has 0 aliphatic carbocycles. The maximum Gasteiger partial charge on any atom is 0.0547 e. The zero-order valence-electron chi connectivity index (χ0n) is 35.4. The molecule has 0 atom stereocenters. The first-order chi connectivity index (χ1) is 25.7. The third-order valence-corrected chi connectivity index (χ3v) is 11.9. The summed E-state index contributed by atoms with van der Waals surface area (Å²) in [7, 11) is 0. The van der Waals surface area contributed by atoms with E-state index in [2.05, 4.69) is 214 Å². The van der Waals surface area contributed by atoms with Crippen LogP contribution in [-0.2, 0) is 21.7 Å². The lowest BCUT2D eigenvalue weighted by Crippen LogP contribution is -2.16. The second-order valence-corrected chi connectivity index (χ2v) is 20.1. The average Bonchev–Trinajstić information content (AvgIpc) is 3.63. The molecule has 8 aromatic rings. The van der Waals surface area contributed by atoms with Gasteiger partial charge in [0, 0.05) is 32.9 Å². The molecule has 2 heterocycles. The van der Waals surface area contributed by atoms with Crippen LogP contribution in [0.15, 0.2) is 115 Å². The number of aromatic nitrogens is 2. The fourth-order valence-electron chi connectivity index (χ4n) is 8.51. The first-order valence-corrected chi connectivity index (χ1v) is 20.1. The molecule has 0 aliphatic rings. The summed E-state index contributed by atoms with van der Waals surface area (Å²) in [6, 6.07) is 44.1. The normalized spacial score (nSPS) is 13.2. The molecule has 0 saturated heterocycles. The largest absolute Gasteiger partial charge is 0.309 e. The molecule has 0 spiro atoms. The molecular formula is C53H58N2. The third kappa shape index (κ3) is 6.19. The lowest BCUT2D eigenvalue weighted by Gasteiger charge is -2.26. The van der Waals surface area contributed by atoms with Crippen molar-refractivity contribution >= 4 is 43.6 Å². The van der Waals surface area contributed by atoms with Gasteiger partial charge < -0.3 is 9.13 Å². The van der Waals surface area contributed by atoms with Crippen molar-refractivity contribution in [3.63, 3.8) is 0 Å². The summed E-state index contributed by atoms with van der Waals surface area (Å²) in [5.41, 5.74) is 16.8. The molecule has 0 bridgehead atoms. The molecule has 8 rings (SSSR count). The van der Waals surface area contributed by atoms with E-state index in [4.69, 9.17) is 0 Å². The van der Waals surface area contributed by atoms with Gasteiger partial charge in [-0.15, -0.1) is 0 Å². The number of para-hydroxylation sites is 1. The van der Waals surface area contributed by atoms with Gasteiger partial charge in [0.25, 0.3) is 0 Å². The Morgan fingerprint density at radius 1 is 0.382 bits per heavy atom. The summed E-state index contributed by atoms with van der Waals surface area (Å²) < 4.78 is 5.00. The molecule has 55 heavy (non-hydrogen) atoms. The van der Waals surface area contributed by atoms with Crippen molar-refractivity contribution < 1.29 is 0 Å². The van der Waals surface area contributed by atoms with Crippen molar-refractivity contribution in [3.05, 3.63) is 143 Å². The Morgan fingerprint density at radius 2 is 0.873 bits per heavy atom. The van der Waals surface area contributed by atoms with Crippen molar-refractivity contribution in [2.24, 2.45) is 0 Å². The van der Waals surface area contributed by atoms with Crippen LogP contribution < -0.4 is 0 Å². The van der Waals surface area contributed by atoms with Gasteiger partial charge in [0.05, 0.1) is 22.1 Å². The Bertz CT molecular complexity index is 2670. The Kier molecular flexibility index (Phi) is 8.36. The van der Waals surface area contributed by atoms with Crippen molar-refractivity contribution in [1.82, 2.24) is 9.13 Å². The van der Waals surface area contributed by atoms with Crippen LogP contribution in [0.2, 0.25) is 0 Å². The van der Waals surface area contributed by atoms with Gasteiger partial charge in [0.2, 0.25) is 0 Å². The van der Waals surface area contributed by atoms with Crippen LogP contribution >= 0.6 is 0 Å². The predicted octanol–water partition coefficient (Wildman–Crippen LogP) is 15.0. The third-order valence-electron chi connectivity index (χ3n) is 11.9. The molecular weight excluding hydrogens is 665 g/mol. The highest BCUT2D eigenvalue weighted by Crippen LogP contribution is 2.45. The number of aryl methyl sites for hydroxylation is 1. The summed E-state index contributed by atoms with van der Waals surface area (Å²) in [4.78, 5) is 0. The number of rotatable bonds is 3. The van der Waals surface area contributed by atoms with E-state index in [9.17, 15) is 0 Å². The van der Waals surface area contributed by atoms with Gasteiger partial charge >= 0.3 is 0 Å². The molecule has 280 valence electrons. The summed E-state index contributed by atoms with van der Waals surface area (Å²) in [5, 5.41) is 5.23. The highest BCUT2D eigenvalue weighted by atomic mass is 15.0. The fraction of sp³-hybridized carbons (Fsp3) is 0.321. The standard InChI is InChI=1S/C53H58N2/c1-33-43(55-44-24-22-35(50(2,3)4)31-41(44)42-32-36(51(5,6)7)23-25-45(42)55)26-27-47-48(33)49-40(20-17-21-46(49)54(47)39-18-15-14-16-19-39)34-28-37(52(8,9)10)30-38(29-34)53(11,12)13/h14-32H,1-13H3. The van der Waals surface area contributed by atoms with Crippen molar-refractivity contribution in [2.75, 3.05) is 0 Å². The van der Waals surface area contributed by atoms with Gasteiger partial charge in [0.15, 0.2) is 0 Å². The van der Waals surface area contributed by atoms with Crippen LogP contribution in [0.3, 0.4) is 0 Å². The minimum absolute atomic E-state index is 0.0152. The van der Waals surface area contributed by atoms with Gasteiger partial charge in [0.1, 0.15) is 0 Å². The molecule has 0 amide bonds. The van der Waals surface area contributed by atoms with Gasteiger partial charge in [-0.05, 0) is 122 Å². The number of nitrogens with zero attached hydrogens (tertiary/aromatic N) is 2. The maximum absolute atomic E-state index is 2.53. The van der Waals surface area contributed by atoms with Crippen LogP contribution in [0.5, 0.6) is 0 Å². The van der Waals surface area contributed by atoms with E-state index in [0.29, 0.717) is 0 Å². The van der Waals surface area contributed by atoms with E-state index in [0.717, 1.165) is 0 Å². The summed E-state index contributed by atoms with van der Waals surface area (Å²) in [6.45, 7) is 30.2. The summed E-state index contributed by atoms with van der Waals surface area (Å²) >= 11 is 0. The van der Waals surface area contributed by atoms with Crippen LogP contribution in [0.25, 0.3) is 66.1 Å².